The Morgan fingerprint density at radius 1 is 1.53 bits per heavy atom. The predicted octanol–water partition coefficient (Wildman–Crippen LogP) is 1.91. The summed E-state index contributed by atoms with van der Waals surface area (Å²) in [6, 6.07) is 1.69. The monoisotopic (exact) mass is 243 g/mol. The molecule has 6 heteroatoms. The van der Waals surface area contributed by atoms with Crippen molar-refractivity contribution in [3.8, 4) is 0 Å². The molecule has 0 spiro atoms. The number of halogens is 2. The first-order valence-electron chi connectivity index (χ1n) is 5.55. The lowest BCUT2D eigenvalue weighted by Gasteiger charge is -2.13. The fourth-order valence-electron chi connectivity index (χ4n) is 1.63. The number of hydrogen-bond acceptors (Lipinski definition) is 3. The largest absolute Gasteiger partial charge is 0.377 e. The van der Waals surface area contributed by atoms with Crippen molar-refractivity contribution in [2.45, 2.75) is 19.4 Å². The first-order chi connectivity index (χ1) is 8.24. The highest BCUT2D eigenvalue weighted by Crippen LogP contribution is 2.09. The van der Waals surface area contributed by atoms with Crippen LogP contribution in [0.15, 0.2) is 23.9 Å². The van der Waals surface area contributed by atoms with Crippen LogP contribution in [0.5, 0.6) is 0 Å². The van der Waals surface area contributed by atoms with Crippen LogP contribution in [-0.2, 0) is 11.3 Å². The highest BCUT2D eigenvalue weighted by molar-refractivity contribution is 5.34. The van der Waals surface area contributed by atoms with Gasteiger partial charge in [0.15, 0.2) is 0 Å². The average molecular weight is 243 g/mol. The molecule has 0 radical (unpaired) electrons. The van der Waals surface area contributed by atoms with E-state index in [4.69, 9.17) is 4.74 Å². The molecule has 2 rings (SSSR count). The maximum Gasteiger partial charge on any atom is 0.257 e. The van der Waals surface area contributed by atoms with E-state index in [1.165, 1.54) is 10.3 Å². The van der Waals surface area contributed by atoms with E-state index in [2.05, 4.69) is 16.5 Å². The summed E-state index contributed by atoms with van der Waals surface area (Å²) in [5.41, 5.74) is 1.17. The molecule has 0 saturated carbocycles. The molecule has 17 heavy (non-hydrogen) atoms. The minimum absolute atomic E-state index is 0.368. The van der Waals surface area contributed by atoms with E-state index in [1.54, 1.807) is 12.3 Å². The van der Waals surface area contributed by atoms with Crippen LogP contribution in [0, 0.1) is 0 Å². The smallest absolute Gasteiger partial charge is 0.257 e. The van der Waals surface area contributed by atoms with Gasteiger partial charge in [-0.25, -0.2) is 8.78 Å². The van der Waals surface area contributed by atoms with Crippen LogP contribution >= 0.6 is 0 Å². The lowest BCUT2D eigenvalue weighted by atomic mass is 10.2. The molecule has 1 N–H and O–H groups in total. The Balaban J connectivity index is 1.82. The zero-order valence-electron chi connectivity index (χ0n) is 9.40. The van der Waals surface area contributed by atoms with E-state index in [9.17, 15) is 8.78 Å². The second kappa shape index (κ2) is 5.77. The Bertz CT molecular complexity index is 390. The van der Waals surface area contributed by atoms with Gasteiger partial charge in [-0.05, 0) is 12.0 Å². The lowest BCUT2D eigenvalue weighted by Crippen LogP contribution is -2.14. The summed E-state index contributed by atoms with van der Waals surface area (Å²) >= 11 is 0. The number of ether oxygens (including phenoxy) is 1. The van der Waals surface area contributed by atoms with E-state index in [0.29, 0.717) is 19.0 Å². The predicted molar refractivity (Wildman–Crippen MR) is 60.2 cm³/mol. The molecule has 0 fully saturated rings. The summed E-state index contributed by atoms with van der Waals surface area (Å²) in [5, 5.41) is 7.08. The molecule has 0 aliphatic carbocycles. The number of anilines is 1. The van der Waals surface area contributed by atoms with Gasteiger partial charge in [0, 0.05) is 18.8 Å². The molecular weight excluding hydrogens is 228 g/mol. The van der Waals surface area contributed by atoms with Crippen molar-refractivity contribution in [2.75, 3.05) is 25.1 Å². The number of rotatable bonds is 5. The molecule has 0 saturated heterocycles. The van der Waals surface area contributed by atoms with E-state index >= 15 is 0 Å². The van der Waals surface area contributed by atoms with E-state index in [-0.39, 0.29) is 6.54 Å². The topological polar surface area (TPSA) is 39.1 Å². The van der Waals surface area contributed by atoms with Crippen LogP contribution in [0.25, 0.3) is 0 Å². The fraction of sp³-hybridized carbons (Fsp3) is 0.545. The summed E-state index contributed by atoms with van der Waals surface area (Å²) in [6.07, 6.45) is 2.22. The molecule has 0 bridgehead atoms. The highest BCUT2D eigenvalue weighted by atomic mass is 19.3. The van der Waals surface area contributed by atoms with Gasteiger partial charge in [-0.2, -0.15) is 5.10 Å². The SMILES string of the molecule is FC(F)Cn1ccc(NCC2=CCCOC2)n1. The van der Waals surface area contributed by atoms with Crippen molar-refractivity contribution >= 4 is 5.82 Å². The second-order valence-corrected chi connectivity index (χ2v) is 3.87. The summed E-state index contributed by atoms with van der Waals surface area (Å²) in [5.74, 6) is 0.608. The summed E-state index contributed by atoms with van der Waals surface area (Å²) < 4.78 is 30.7. The van der Waals surface area contributed by atoms with Gasteiger partial charge in [0.25, 0.3) is 6.43 Å². The lowest BCUT2D eigenvalue weighted by molar-refractivity contribution is 0.122. The number of nitrogens with zero attached hydrogens (tertiary/aromatic N) is 2. The van der Waals surface area contributed by atoms with Crippen LogP contribution in [-0.4, -0.2) is 36.0 Å². The zero-order valence-corrected chi connectivity index (χ0v) is 9.40. The molecule has 0 unspecified atom stereocenters. The normalized spacial score (nSPS) is 16.1. The molecule has 1 aromatic rings. The van der Waals surface area contributed by atoms with Crippen molar-refractivity contribution in [2.24, 2.45) is 0 Å². The van der Waals surface area contributed by atoms with Crippen molar-refractivity contribution in [1.82, 2.24) is 9.78 Å². The zero-order chi connectivity index (χ0) is 12.1. The minimum atomic E-state index is -2.38. The molecule has 2 heterocycles. The number of alkyl halides is 2. The second-order valence-electron chi connectivity index (χ2n) is 3.87. The molecular formula is C11H15F2N3O. The molecule has 4 nitrogen and oxygen atoms in total. The quantitative estimate of drug-likeness (QED) is 0.803. The molecule has 0 amide bonds. The number of nitrogens with one attached hydrogen (secondary N) is 1. The standard InChI is InChI=1S/C11H15F2N3O/c12-10(13)7-16-4-3-11(15-16)14-6-9-2-1-5-17-8-9/h2-4,10H,1,5-8H2,(H,14,15). The number of hydrogen-bond donors (Lipinski definition) is 1. The van der Waals surface area contributed by atoms with Crippen molar-refractivity contribution < 1.29 is 13.5 Å². The van der Waals surface area contributed by atoms with Gasteiger partial charge in [-0.15, -0.1) is 0 Å². The van der Waals surface area contributed by atoms with Crippen LogP contribution in [0.4, 0.5) is 14.6 Å². The molecule has 1 aliphatic rings. The first-order valence-corrected chi connectivity index (χ1v) is 5.55. The maximum absolute atomic E-state index is 12.1. The summed E-state index contributed by atoms with van der Waals surface area (Å²) in [4.78, 5) is 0. The van der Waals surface area contributed by atoms with Crippen LogP contribution < -0.4 is 5.32 Å². The van der Waals surface area contributed by atoms with Gasteiger partial charge < -0.3 is 10.1 Å². The Morgan fingerprint density at radius 2 is 2.41 bits per heavy atom. The Morgan fingerprint density at radius 3 is 3.12 bits per heavy atom. The number of aromatic nitrogens is 2. The summed E-state index contributed by atoms with van der Waals surface area (Å²) in [7, 11) is 0. The third-order valence-electron chi connectivity index (χ3n) is 2.44. The van der Waals surface area contributed by atoms with E-state index in [0.717, 1.165) is 13.0 Å². The van der Waals surface area contributed by atoms with Gasteiger partial charge >= 0.3 is 0 Å². The van der Waals surface area contributed by atoms with Gasteiger partial charge in [-0.3, -0.25) is 4.68 Å². The van der Waals surface area contributed by atoms with E-state index < -0.39 is 6.43 Å². The molecule has 1 aromatic heterocycles. The van der Waals surface area contributed by atoms with Crippen molar-refractivity contribution in [1.29, 1.82) is 0 Å². The van der Waals surface area contributed by atoms with E-state index in [1.807, 2.05) is 0 Å². The van der Waals surface area contributed by atoms with Gasteiger partial charge in [-0.1, -0.05) is 6.08 Å². The van der Waals surface area contributed by atoms with Crippen LogP contribution in [0.2, 0.25) is 0 Å². The van der Waals surface area contributed by atoms with Crippen LogP contribution in [0.1, 0.15) is 6.42 Å². The third-order valence-corrected chi connectivity index (χ3v) is 2.44. The van der Waals surface area contributed by atoms with Gasteiger partial charge in [0.05, 0.1) is 13.2 Å². The molecule has 94 valence electrons. The van der Waals surface area contributed by atoms with Crippen LogP contribution in [0.3, 0.4) is 0 Å². The van der Waals surface area contributed by atoms with Gasteiger partial charge in [0.2, 0.25) is 0 Å². The van der Waals surface area contributed by atoms with Crippen molar-refractivity contribution in [3.05, 3.63) is 23.9 Å². The third kappa shape index (κ3) is 3.81. The molecule has 1 aliphatic heterocycles. The van der Waals surface area contributed by atoms with Crippen molar-refractivity contribution in [3.63, 3.8) is 0 Å². The van der Waals surface area contributed by atoms with Gasteiger partial charge in [0.1, 0.15) is 12.4 Å². The molecule has 0 atom stereocenters. The Hall–Kier alpha value is -1.43. The first kappa shape index (κ1) is 12.0. The minimum Gasteiger partial charge on any atom is -0.377 e. The Labute approximate surface area is 98.3 Å². The Kier molecular flexibility index (Phi) is 4.08. The average Bonchev–Trinajstić information content (AvgIpc) is 2.75. The maximum atomic E-state index is 12.1. The fourth-order valence-corrected chi connectivity index (χ4v) is 1.63. The highest BCUT2D eigenvalue weighted by Gasteiger charge is 2.07. The molecule has 0 aromatic carbocycles. The summed E-state index contributed by atoms with van der Waals surface area (Å²) in [6.45, 7) is 1.68.